The molecule has 6 heteroatoms. The SMILES string of the molecule is CCCn1cc2nc3c(c[nH]n3CCC(C)C)c(N)c2c1=O. The molecule has 3 rings (SSSR count). The van der Waals surface area contributed by atoms with Crippen molar-refractivity contribution in [1.82, 2.24) is 19.3 Å². The van der Waals surface area contributed by atoms with Gasteiger partial charge in [0, 0.05) is 25.5 Å². The van der Waals surface area contributed by atoms with E-state index in [1.807, 2.05) is 24.0 Å². The van der Waals surface area contributed by atoms with Crippen molar-refractivity contribution in [2.75, 3.05) is 5.73 Å². The molecule has 0 unspecified atom stereocenters. The topological polar surface area (TPSA) is 81.6 Å². The minimum Gasteiger partial charge on any atom is -0.397 e. The van der Waals surface area contributed by atoms with E-state index in [1.165, 1.54) is 0 Å². The molecule has 0 saturated carbocycles. The highest BCUT2D eigenvalue weighted by atomic mass is 16.1. The zero-order chi connectivity index (χ0) is 15.9. The zero-order valence-corrected chi connectivity index (χ0v) is 13.4. The van der Waals surface area contributed by atoms with Crippen molar-refractivity contribution in [2.24, 2.45) is 5.92 Å². The van der Waals surface area contributed by atoms with Crippen molar-refractivity contribution in [3.05, 3.63) is 22.7 Å². The summed E-state index contributed by atoms with van der Waals surface area (Å²) in [7, 11) is 0. The molecule has 3 aromatic rings. The summed E-state index contributed by atoms with van der Waals surface area (Å²) in [5, 5.41) is 4.56. The Morgan fingerprint density at radius 3 is 2.82 bits per heavy atom. The zero-order valence-electron chi connectivity index (χ0n) is 13.4. The lowest BCUT2D eigenvalue weighted by atomic mass is 10.1. The van der Waals surface area contributed by atoms with E-state index in [4.69, 9.17) is 5.73 Å². The van der Waals surface area contributed by atoms with E-state index in [0.29, 0.717) is 29.1 Å². The van der Waals surface area contributed by atoms with Gasteiger partial charge in [-0.2, -0.15) is 0 Å². The highest BCUT2D eigenvalue weighted by molar-refractivity contribution is 6.05. The lowest BCUT2D eigenvalue weighted by Crippen LogP contribution is -2.14. The Kier molecular flexibility index (Phi) is 3.68. The fourth-order valence-corrected chi connectivity index (χ4v) is 2.81. The summed E-state index contributed by atoms with van der Waals surface area (Å²) in [4.78, 5) is 17.1. The maximum Gasteiger partial charge on any atom is 0.262 e. The smallest absolute Gasteiger partial charge is 0.262 e. The van der Waals surface area contributed by atoms with Gasteiger partial charge in [0.2, 0.25) is 0 Å². The van der Waals surface area contributed by atoms with Crippen LogP contribution in [0, 0.1) is 5.92 Å². The fourth-order valence-electron chi connectivity index (χ4n) is 2.81. The largest absolute Gasteiger partial charge is 0.397 e. The van der Waals surface area contributed by atoms with Crippen LogP contribution < -0.4 is 11.3 Å². The Morgan fingerprint density at radius 2 is 2.14 bits per heavy atom. The van der Waals surface area contributed by atoms with Gasteiger partial charge in [-0.15, -0.1) is 0 Å². The van der Waals surface area contributed by atoms with E-state index in [2.05, 4.69) is 23.9 Å². The van der Waals surface area contributed by atoms with Crippen LogP contribution in [0.15, 0.2) is 17.2 Å². The Labute approximate surface area is 128 Å². The number of aryl methyl sites for hydroxylation is 2. The number of fused-ring (bicyclic) bond motifs is 2. The Balaban J connectivity index is 2.18. The van der Waals surface area contributed by atoms with E-state index >= 15 is 0 Å². The molecule has 0 amide bonds. The number of nitrogens with zero attached hydrogens (tertiary/aromatic N) is 3. The first kappa shape index (κ1) is 14.7. The Morgan fingerprint density at radius 1 is 1.36 bits per heavy atom. The molecule has 0 aliphatic heterocycles. The van der Waals surface area contributed by atoms with Gasteiger partial charge >= 0.3 is 0 Å². The molecule has 0 aliphatic rings. The van der Waals surface area contributed by atoms with Crippen LogP contribution >= 0.6 is 0 Å². The van der Waals surface area contributed by atoms with Gasteiger partial charge < -0.3 is 15.4 Å². The van der Waals surface area contributed by atoms with Crippen LogP contribution in [0.3, 0.4) is 0 Å². The molecule has 0 fully saturated rings. The number of aromatic nitrogens is 4. The van der Waals surface area contributed by atoms with Crippen molar-refractivity contribution < 1.29 is 0 Å². The maximum absolute atomic E-state index is 12.4. The van der Waals surface area contributed by atoms with E-state index in [9.17, 15) is 4.79 Å². The minimum atomic E-state index is -0.0429. The molecule has 0 spiro atoms. The molecular formula is C16H23N5O. The monoisotopic (exact) mass is 301 g/mol. The average molecular weight is 301 g/mol. The minimum absolute atomic E-state index is 0.0429. The van der Waals surface area contributed by atoms with Gasteiger partial charge in [-0.05, 0) is 18.8 Å². The molecule has 0 atom stereocenters. The van der Waals surface area contributed by atoms with Gasteiger partial charge in [0.25, 0.3) is 5.56 Å². The van der Waals surface area contributed by atoms with Crippen molar-refractivity contribution in [2.45, 2.75) is 46.7 Å². The van der Waals surface area contributed by atoms with Crippen molar-refractivity contribution in [3.8, 4) is 0 Å². The lowest BCUT2D eigenvalue weighted by Gasteiger charge is -2.07. The summed E-state index contributed by atoms with van der Waals surface area (Å²) in [5.41, 5.74) is 8.23. The van der Waals surface area contributed by atoms with Gasteiger partial charge in [0.15, 0.2) is 5.65 Å². The van der Waals surface area contributed by atoms with E-state index < -0.39 is 0 Å². The summed E-state index contributed by atoms with van der Waals surface area (Å²) < 4.78 is 3.71. The highest BCUT2D eigenvalue weighted by Crippen LogP contribution is 2.26. The van der Waals surface area contributed by atoms with Crippen LogP contribution in [0.5, 0.6) is 0 Å². The fraction of sp³-hybridized carbons (Fsp3) is 0.500. The van der Waals surface area contributed by atoms with Crippen LogP contribution in [-0.2, 0) is 13.1 Å². The summed E-state index contributed by atoms with van der Waals surface area (Å²) in [5.74, 6) is 0.616. The number of nitrogen functional groups attached to an aromatic ring is 1. The molecule has 0 aliphatic carbocycles. The summed E-state index contributed by atoms with van der Waals surface area (Å²) in [6, 6.07) is 0. The van der Waals surface area contributed by atoms with Crippen LogP contribution in [0.1, 0.15) is 33.6 Å². The van der Waals surface area contributed by atoms with Gasteiger partial charge in [-0.25, -0.2) is 4.98 Å². The molecule has 3 heterocycles. The highest BCUT2D eigenvalue weighted by Gasteiger charge is 2.16. The average Bonchev–Trinajstić information content (AvgIpc) is 3.00. The third-order valence-electron chi connectivity index (χ3n) is 4.05. The first-order valence-corrected chi connectivity index (χ1v) is 7.89. The predicted molar refractivity (Wildman–Crippen MR) is 90.0 cm³/mol. The molecule has 0 radical (unpaired) electrons. The number of hydrogen-bond donors (Lipinski definition) is 2. The number of anilines is 1. The summed E-state index contributed by atoms with van der Waals surface area (Å²) in [6.45, 7) is 7.99. The van der Waals surface area contributed by atoms with Crippen molar-refractivity contribution in [3.63, 3.8) is 0 Å². The number of H-pyrrole nitrogens is 1. The maximum atomic E-state index is 12.4. The van der Waals surface area contributed by atoms with Gasteiger partial charge in [0.05, 0.1) is 22.0 Å². The van der Waals surface area contributed by atoms with E-state index in [1.54, 1.807) is 4.57 Å². The second-order valence-electron chi connectivity index (χ2n) is 6.26. The first-order valence-electron chi connectivity index (χ1n) is 7.89. The number of aromatic amines is 1. The third-order valence-corrected chi connectivity index (χ3v) is 4.05. The van der Waals surface area contributed by atoms with Gasteiger partial charge in [0.1, 0.15) is 0 Å². The molecule has 0 bridgehead atoms. The number of nitrogens with two attached hydrogens (primary N) is 1. The lowest BCUT2D eigenvalue weighted by molar-refractivity contribution is 0.494. The van der Waals surface area contributed by atoms with Crippen LogP contribution in [0.2, 0.25) is 0 Å². The molecule has 0 aromatic carbocycles. The Bertz CT molecular complexity index is 868. The second-order valence-corrected chi connectivity index (χ2v) is 6.26. The predicted octanol–water partition coefficient (Wildman–Crippen LogP) is 2.72. The quantitative estimate of drug-likeness (QED) is 0.760. The Hall–Kier alpha value is -2.24. The molecular weight excluding hydrogens is 278 g/mol. The number of pyridine rings is 1. The molecule has 118 valence electrons. The first-order chi connectivity index (χ1) is 10.5. The van der Waals surface area contributed by atoms with E-state index in [0.717, 1.165) is 30.4 Å². The number of nitrogens with one attached hydrogen (secondary N) is 1. The van der Waals surface area contributed by atoms with Crippen LogP contribution in [-0.4, -0.2) is 19.3 Å². The molecule has 3 N–H and O–H groups in total. The summed E-state index contributed by atoms with van der Waals surface area (Å²) in [6.07, 6.45) is 5.62. The third kappa shape index (κ3) is 2.28. The molecule has 6 nitrogen and oxygen atoms in total. The standard InChI is InChI=1S/C16H23N5O/c1-4-6-20-9-12-13(16(20)22)14(17)11-8-18-21(15(11)19-12)7-5-10(2)3/h8-10,18H,4-7,17H2,1-3H3. The van der Waals surface area contributed by atoms with Crippen molar-refractivity contribution >= 4 is 27.6 Å². The normalized spacial score (nSPS) is 12.0. The van der Waals surface area contributed by atoms with Gasteiger partial charge in [-0.1, -0.05) is 20.8 Å². The summed E-state index contributed by atoms with van der Waals surface area (Å²) >= 11 is 0. The van der Waals surface area contributed by atoms with E-state index in [-0.39, 0.29) is 5.56 Å². The van der Waals surface area contributed by atoms with Crippen molar-refractivity contribution in [1.29, 1.82) is 0 Å². The molecule has 3 aromatic heterocycles. The second kappa shape index (κ2) is 5.51. The van der Waals surface area contributed by atoms with Gasteiger partial charge in [-0.3, -0.25) is 9.48 Å². The van der Waals surface area contributed by atoms with Crippen LogP contribution in [0.4, 0.5) is 5.69 Å². The molecule has 22 heavy (non-hydrogen) atoms. The number of rotatable bonds is 5. The van der Waals surface area contributed by atoms with Crippen LogP contribution in [0.25, 0.3) is 21.9 Å². The number of hydrogen-bond acceptors (Lipinski definition) is 3. The molecule has 0 saturated heterocycles.